The third kappa shape index (κ3) is 1.96. The van der Waals surface area contributed by atoms with E-state index in [4.69, 9.17) is 0 Å². The van der Waals surface area contributed by atoms with Gasteiger partial charge in [0, 0.05) is 18.1 Å². The Morgan fingerprint density at radius 3 is 1.91 bits per heavy atom. The highest BCUT2D eigenvalue weighted by molar-refractivity contribution is 4.88. The molecule has 0 amide bonds. The molecular formula is C10H21N. The molecular weight excluding hydrogens is 134 g/mol. The van der Waals surface area contributed by atoms with E-state index in [0.29, 0.717) is 5.54 Å². The molecule has 11 heavy (non-hydrogen) atoms. The van der Waals surface area contributed by atoms with Crippen LogP contribution in [-0.2, 0) is 0 Å². The summed E-state index contributed by atoms with van der Waals surface area (Å²) in [6.07, 6.45) is 1.37. The van der Waals surface area contributed by atoms with Crippen molar-refractivity contribution in [3.8, 4) is 0 Å². The van der Waals surface area contributed by atoms with E-state index in [1.165, 1.54) is 13.0 Å². The van der Waals surface area contributed by atoms with Crippen molar-refractivity contribution in [2.75, 3.05) is 6.54 Å². The van der Waals surface area contributed by atoms with Gasteiger partial charge in [-0.1, -0.05) is 6.92 Å². The first kappa shape index (κ1) is 9.05. The highest BCUT2D eigenvalue weighted by Crippen LogP contribution is 2.29. The number of likely N-dealkylation sites (tertiary alicyclic amines) is 1. The molecule has 1 saturated heterocycles. The monoisotopic (exact) mass is 155 g/mol. The van der Waals surface area contributed by atoms with E-state index in [0.717, 1.165) is 12.0 Å². The summed E-state index contributed by atoms with van der Waals surface area (Å²) >= 11 is 0. The first-order valence-electron chi connectivity index (χ1n) is 4.68. The predicted molar refractivity (Wildman–Crippen MR) is 49.7 cm³/mol. The number of hydrogen-bond acceptors (Lipinski definition) is 1. The van der Waals surface area contributed by atoms with Gasteiger partial charge in [-0.05, 0) is 40.0 Å². The van der Waals surface area contributed by atoms with Crippen LogP contribution in [0.5, 0.6) is 0 Å². The van der Waals surface area contributed by atoms with Crippen molar-refractivity contribution in [1.82, 2.24) is 4.90 Å². The Kier molecular flexibility index (Phi) is 2.29. The summed E-state index contributed by atoms with van der Waals surface area (Å²) in [5.41, 5.74) is 0.365. The number of nitrogens with zero attached hydrogens (tertiary/aromatic N) is 1. The van der Waals surface area contributed by atoms with Crippen LogP contribution in [-0.4, -0.2) is 23.0 Å². The molecule has 0 aromatic carbocycles. The summed E-state index contributed by atoms with van der Waals surface area (Å²) in [4.78, 5) is 2.61. The van der Waals surface area contributed by atoms with Crippen molar-refractivity contribution in [2.24, 2.45) is 5.92 Å². The van der Waals surface area contributed by atoms with Crippen LogP contribution in [0.2, 0.25) is 0 Å². The average Bonchev–Trinajstić information content (AvgIpc) is 2.08. The number of hydrogen-bond donors (Lipinski definition) is 0. The molecule has 1 aliphatic rings. The van der Waals surface area contributed by atoms with Crippen LogP contribution in [0, 0.1) is 5.92 Å². The van der Waals surface area contributed by atoms with E-state index in [2.05, 4.69) is 39.5 Å². The molecule has 0 N–H and O–H groups in total. The highest BCUT2D eigenvalue weighted by Gasteiger charge is 2.33. The van der Waals surface area contributed by atoms with Crippen LogP contribution in [0.15, 0.2) is 0 Å². The van der Waals surface area contributed by atoms with Crippen LogP contribution in [0.1, 0.15) is 41.0 Å². The van der Waals surface area contributed by atoms with Crippen LogP contribution in [0.4, 0.5) is 0 Å². The highest BCUT2D eigenvalue weighted by atomic mass is 15.2. The molecule has 1 heterocycles. The van der Waals surface area contributed by atoms with Crippen LogP contribution >= 0.6 is 0 Å². The largest absolute Gasteiger partial charge is 0.296 e. The van der Waals surface area contributed by atoms with Crippen LogP contribution in [0.3, 0.4) is 0 Å². The second-order valence-electron chi connectivity index (χ2n) is 5.01. The Hall–Kier alpha value is -0.0400. The summed E-state index contributed by atoms with van der Waals surface area (Å²) in [5, 5.41) is 0. The Morgan fingerprint density at radius 1 is 1.18 bits per heavy atom. The Bertz CT molecular complexity index is 134. The topological polar surface area (TPSA) is 3.24 Å². The van der Waals surface area contributed by atoms with Crippen molar-refractivity contribution in [2.45, 2.75) is 52.6 Å². The van der Waals surface area contributed by atoms with E-state index < -0.39 is 0 Å². The fourth-order valence-electron chi connectivity index (χ4n) is 2.23. The maximum absolute atomic E-state index is 2.61. The second kappa shape index (κ2) is 2.78. The first-order chi connectivity index (χ1) is 4.91. The SMILES string of the molecule is CC1C[C@H](C)N(C(C)(C)C)C1. The first-order valence-corrected chi connectivity index (χ1v) is 4.68. The van der Waals surface area contributed by atoms with Crippen LogP contribution < -0.4 is 0 Å². The van der Waals surface area contributed by atoms with Crippen molar-refractivity contribution in [3.05, 3.63) is 0 Å². The minimum atomic E-state index is 0.365. The van der Waals surface area contributed by atoms with Gasteiger partial charge < -0.3 is 0 Å². The lowest BCUT2D eigenvalue weighted by atomic mass is 10.1. The zero-order valence-electron chi connectivity index (χ0n) is 8.52. The number of rotatable bonds is 0. The molecule has 0 aromatic heterocycles. The standard InChI is InChI=1S/C10H21N/c1-8-6-9(2)11(7-8)10(3,4)5/h8-9H,6-7H2,1-5H3/t8?,9-/m0/s1. The van der Waals surface area contributed by atoms with E-state index >= 15 is 0 Å². The van der Waals surface area contributed by atoms with Crippen molar-refractivity contribution >= 4 is 0 Å². The lowest BCUT2D eigenvalue weighted by molar-refractivity contribution is 0.127. The molecule has 1 fully saturated rings. The van der Waals surface area contributed by atoms with Gasteiger partial charge in [0.25, 0.3) is 0 Å². The lowest BCUT2D eigenvalue weighted by Crippen LogP contribution is -2.43. The third-order valence-corrected chi connectivity index (χ3v) is 2.65. The maximum atomic E-state index is 2.61. The van der Waals surface area contributed by atoms with Crippen molar-refractivity contribution in [3.63, 3.8) is 0 Å². The van der Waals surface area contributed by atoms with Gasteiger partial charge >= 0.3 is 0 Å². The van der Waals surface area contributed by atoms with E-state index in [1.54, 1.807) is 0 Å². The van der Waals surface area contributed by atoms with E-state index in [-0.39, 0.29) is 0 Å². The zero-order chi connectivity index (χ0) is 8.65. The molecule has 0 radical (unpaired) electrons. The maximum Gasteiger partial charge on any atom is 0.0127 e. The van der Waals surface area contributed by atoms with Gasteiger partial charge in [-0.15, -0.1) is 0 Å². The predicted octanol–water partition coefficient (Wildman–Crippen LogP) is 2.52. The minimum absolute atomic E-state index is 0.365. The summed E-state index contributed by atoms with van der Waals surface area (Å²) < 4.78 is 0. The fourth-order valence-corrected chi connectivity index (χ4v) is 2.23. The van der Waals surface area contributed by atoms with Gasteiger partial charge in [-0.25, -0.2) is 0 Å². The van der Waals surface area contributed by atoms with Crippen molar-refractivity contribution < 1.29 is 0 Å². The molecule has 1 unspecified atom stereocenters. The lowest BCUT2D eigenvalue weighted by Gasteiger charge is -2.35. The average molecular weight is 155 g/mol. The second-order valence-corrected chi connectivity index (χ2v) is 5.01. The summed E-state index contributed by atoms with van der Waals surface area (Å²) in [5.74, 6) is 0.893. The summed E-state index contributed by atoms with van der Waals surface area (Å²) in [6, 6.07) is 0.782. The van der Waals surface area contributed by atoms with Crippen molar-refractivity contribution in [1.29, 1.82) is 0 Å². The molecule has 0 spiro atoms. The molecule has 0 bridgehead atoms. The summed E-state index contributed by atoms with van der Waals surface area (Å²) in [6.45, 7) is 12.9. The molecule has 1 nitrogen and oxygen atoms in total. The molecule has 1 aliphatic heterocycles. The Labute approximate surface area is 70.8 Å². The minimum Gasteiger partial charge on any atom is -0.296 e. The van der Waals surface area contributed by atoms with E-state index in [1.807, 2.05) is 0 Å². The van der Waals surface area contributed by atoms with Crippen LogP contribution in [0.25, 0.3) is 0 Å². The quantitative estimate of drug-likeness (QED) is 0.519. The Morgan fingerprint density at radius 2 is 1.73 bits per heavy atom. The summed E-state index contributed by atoms with van der Waals surface area (Å²) in [7, 11) is 0. The van der Waals surface area contributed by atoms with Gasteiger partial charge in [0.2, 0.25) is 0 Å². The molecule has 0 aromatic rings. The third-order valence-electron chi connectivity index (χ3n) is 2.65. The fraction of sp³-hybridized carbons (Fsp3) is 1.00. The molecule has 1 rings (SSSR count). The smallest absolute Gasteiger partial charge is 0.0127 e. The van der Waals surface area contributed by atoms with Gasteiger partial charge in [0.05, 0.1) is 0 Å². The molecule has 0 aliphatic carbocycles. The Balaban J connectivity index is 2.60. The van der Waals surface area contributed by atoms with Gasteiger partial charge in [0.15, 0.2) is 0 Å². The zero-order valence-corrected chi connectivity index (χ0v) is 8.52. The van der Waals surface area contributed by atoms with Gasteiger partial charge in [-0.2, -0.15) is 0 Å². The van der Waals surface area contributed by atoms with Gasteiger partial charge in [-0.3, -0.25) is 4.90 Å². The molecule has 2 atom stereocenters. The van der Waals surface area contributed by atoms with Gasteiger partial charge in [0.1, 0.15) is 0 Å². The van der Waals surface area contributed by atoms with E-state index in [9.17, 15) is 0 Å². The normalized spacial score (nSPS) is 34.6. The molecule has 1 heteroatoms. The molecule has 0 saturated carbocycles. The molecule has 66 valence electrons.